The molecule has 1 atom stereocenters. The summed E-state index contributed by atoms with van der Waals surface area (Å²) in [6, 6.07) is -0.706. The molecule has 0 aromatic heterocycles. The first-order chi connectivity index (χ1) is 8.61. The number of piperazine rings is 1. The van der Waals surface area contributed by atoms with Gasteiger partial charge >= 0.3 is 12.1 Å². The summed E-state index contributed by atoms with van der Waals surface area (Å²) in [6.45, 7) is 6.95. The lowest BCUT2D eigenvalue weighted by atomic mass is 10.1. The number of carbonyl (C=O) groups excluding carboxylic acids is 2. The molecule has 0 radical (unpaired) electrons. The molecule has 0 aliphatic carbocycles. The van der Waals surface area contributed by atoms with Crippen molar-refractivity contribution in [3.05, 3.63) is 0 Å². The lowest BCUT2D eigenvalue weighted by Gasteiger charge is -2.38. The number of hydrogen-bond acceptors (Lipinski definition) is 4. The van der Waals surface area contributed by atoms with Gasteiger partial charge in [-0.25, -0.2) is 4.79 Å². The number of carboxylic acid groups (broad SMARTS) is 1. The van der Waals surface area contributed by atoms with Crippen molar-refractivity contribution < 1.29 is 24.2 Å². The average Bonchev–Trinajstić information content (AvgIpc) is 2.21. The number of hydrogen-bond donors (Lipinski definition) is 1. The van der Waals surface area contributed by atoms with Crippen molar-refractivity contribution in [3.8, 4) is 0 Å². The van der Waals surface area contributed by atoms with E-state index in [9.17, 15) is 14.4 Å². The van der Waals surface area contributed by atoms with Crippen molar-refractivity contribution in [2.75, 3.05) is 19.6 Å². The van der Waals surface area contributed by atoms with Crippen LogP contribution >= 0.6 is 0 Å². The Morgan fingerprint density at radius 3 is 2.42 bits per heavy atom. The summed E-state index contributed by atoms with van der Waals surface area (Å²) in [7, 11) is 0. The van der Waals surface area contributed by atoms with E-state index in [1.807, 2.05) is 0 Å². The molecule has 0 saturated carbocycles. The fourth-order valence-corrected chi connectivity index (χ4v) is 1.82. The highest BCUT2D eigenvalue weighted by molar-refractivity contribution is 5.88. The smallest absolute Gasteiger partial charge is 0.411 e. The molecule has 1 aliphatic rings. The summed E-state index contributed by atoms with van der Waals surface area (Å²) in [5.41, 5.74) is -0.627. The third kappa shape index (κ3) is 4.11. The van der Waals surface area contributed by atoms with Crippen molar-refractivity contribution in [2.45, 2.75) is 39.3 Å². The molecule has 0 spiro atoms. The van der Waals surface area contributed by atoms with Gasteiger partial charge < -0.3 is 14.7 Å². The molecular weight excluding hydrogens is 252 g/mol. The first-order valence-electron chi connectivity index (χ1n) is 6.12. The van der Waals surface area contributed by atoms with E-state index < -0.39 is 23.7 Å². The minimum absolute atomic E-state index is 0.203. The predicted molar refractivity (Wildman–Crippen MR) is 66.6 cm³/mol. The summed E-state index contributed by atoms with van der Waals surface area (Å²) in [4.78, 5) is 37.0. The van der Waals surface area contributed by atoms with Crippen LogP contribution in [-0.2, 0) is 14.3 Å². The van der Waals surface area contributed by atoms with Crippen LogP contribution in [0, 0.1) is 0 Å². The van der Waals surface area contributed by atoms with Gasteiger partial charge in [0.2, 0.25) is 5.91 Å². The standard InChI is InChI=1S/C12H20N2O5/c1-8-10(17)13(7-9(15)16)5-6-14(8)11(18)19-12(2,3)4/h8H,5-7H2,1-4H3,(H,15,16). The highest BCUT2D eigenvalue weighted by Crippen LogP contribution is 2.16. The molecule has 1 aliphatic heterocycles. The van der Waals surface area contributed by atoms with E-state index in [4.69, 9.17) is 9.84 Å². The monoisotopic (exact) mass is 272 g/mol. The molecule has 1 heterocycles. The molecule has 0 aromatic rings. The minimum Gasteiger partial charge on any atom is -0.480 e. The Kier molecular flexibility index (Phi) is 4.39. The summed E-state index contributed by atoms with van der Waals surface area (Å²) in [6.07, 6.45) is -0.552. The van der Waals surface area contributed by atoms with Crippen molar-refractivity contribution >= 4 is 18.0 Å². The fourth-order valence-electron chi connectivity index (χ4n) is 1.82. The second-order valence-electron chi connectivity index (χ2n) is 5.50. The van der Waals surface area contributed by atoms with Crippen LogP contribution in [0.4, 0.5) is 4.79 Å². The average molecular weight is 272 g/mol. The summed E-state index contributed by atoms with van der Waals surface area (Å²) in [5, 5.41) is 8.70. The number of aliphatic carboxylic acids is 1. The summed E-state index contributed by atoms with van der Waals surface area (Å²) >= 11 is 0. The Labute approximate surface area is 112 Å². The molecule has 7 nitrogen and oxygen atoms in total. The maximum atomic E-state index is 12.0. The van der Waals surface area contributed by atoms with Gasteiger partial charge in [-0.1, -0.05) is 0 Å². The zero-order valence-corrected chi connectivity index (χ0v) is 11.7. The number of amides is 2. The van der Waals surface area contributed by atoms with Gasteiger partial charge in [-0.15, -0.1) is 0 Å². The van der Waals surface area contributed by atoms with E-state index in [1.54, 1.807) is 27.7 Å². The third-order valence-corrected chi connectivity index (χ3v) is 2.70. The summed E-state index contributed by atoms with van der Waals surface area (Å²) < 4.78 is 5.21. The van der Waals surface area contributed by atoms with E-state index in [2.05, 4.69) is 0 Å². The Balaban J connectivity index is 2.69. The largest absolute Gasteiger partial charge is 0.480 e. The Morgan fingerprint density at radius 1 is 1.37 bits per heavy atom. The number of carboxylic acids is 1. The topological polar surface area (TPSA) is 87.2 Å². The van der Waals surface area contributed by atoms with Crippen molar-refractivity contribution in [1.82, 2.24) is 9.80 Å². The van der Waals surface area contributed by atoms with Crippen LogP contribution in [0.2, 0.25) is 0 Å². The maximum Gasteiger partial charge on any atom is 0.411 e. The molecule has 108 valence electrons. The maximum absolute atomic E-state index is 12.0. The van der Waals surface area contributed by atoms with Gasteiger partial charge in [-0.3, -0.25) is 14.5 Å². The highest BCUT2D eigenvalue weighted by atomic mass is 16.6. The minimum atomic E-state index is -1.06. The molecule has 2 amide bonds. The van der Waals surface area contributed by atoms with Crippen LogP contribution < -0.4 is 0 Å². The van der Waals surface area contributed by atoms with Crippen molar-refractivity contribution in [2.24, 2.45) is 0 Å². The zero-order valence-electron chi connectivity index (χ0n) is 11.7. The van der Waals surface area contributed by atoms with Crippen LogP contribution in [0.25, 0.3) is 0 Å². The van der Waals surface area contributed by atoms with Crippen LogP contribution in [0.3, 0.4) is 0 Å². The molecule has 0 aromatic carbocycles. The molecule has 1 unspecified atom stereocenters. The Bertz CT molecular complexity index is 388. The van der Waals surface area contributed by atoms with Crippen LogP contribution in [0.1, 0.15) is 27.7 Å². The number of nitrogens with zero attached hydrogens (tertiary/aromatic N) is 2. The lowest BCUT2D eigenvalue weighted by molar-refractivity contribution is -0.149. The Hall–Kier alpha value is -1.79. The second kappa shape index (κ2) is 5.46. The van der Waals surface area contributed by atoms with E-state index in [0.29, 0.717) is 0 Å². The fraction of sp³-hybridized carbons (Fsp3) is 0.750. The van der Waals surface area contributed by atoms with Gasteiger partial charge in [0.05, 0.1) is 0 Å². The normalized spacial score (nSPS) is 20.4. The van der Waals surface area contributed by atoms with E-state index in [0.717, 1.165) is 0 Å². The second-order valence-corrected chi connectivity index (χ2v) is 5.50. The molecule has 1 rings (SSSR count). The molecule has 19 heavy (non-hydrogen) atoms. The molecule has 1 N–H and O–H groups in total. The van der Waals surface area contributed by atoms with Gasteiger partial charge in [-0.05, 0) is 27.7 Å². The van der Waals surface area contributed by atoms with Crippen molar-refractivity contribution in [1.29, 1.82) is 0 Å². The first kappa shape index (κ1) is 15.3. The molecular formula is C12H20N2O5. The lowest BCUT2D eigenvalue weighted by Crippen LogP contribution is -2.59. The van der Waals surface area contributed by atoms with Gasteiger partial charge in [0.1, 0.15) is 18.2 Å². The molecule has 0 bridgehead atoms. The molecule has 1 fully saturated rings. The highest BCUT2D eigenvalue weighted by Gasteiger charge is 2.36. The van der Waals surface area contributed by atoms with Gasteiger partial charge in [0.25, 0.3) is 0 Å². The quantitative estimate of drug-likeness (QED) is 0.792. The van der Waals surface area contributed by atoms with Crippen molar-refractivity contribution in [3.63, 3.8) is 0 Å². The van der Waals surface area contributed by atoms with Gasteiger partial charge in [0.15, 0.2) is 0 Å². The van der Waals surface area contributed by atoms with Crippen LogP contribution in [0.5, 0.6) is 0 Å². The first-order valence-corrected chi connectivity index (χ1v) is 6.12. The van der Waals surface area contributed by atoms with Gasteiger partial charge in [-0.2, -0.15) is 0 Å². The SMILES string of the molecule is CC1C(=O)N(CC(=O)O)CCN1C(=O)OC(C)(C)C. The van der Waals surface area contributed by atoms with E-state index >= 15 is 0 Å². The van der Waals surface area contributed by atoms with Gasteiger partial charge in [0, 0.05) is 13.1 Å². The molecule has 7 heteroatoms. The van der Waals surface area contributed by atoms with Crippen LogP contribution in [0.15, 0.2) is 0 Å². The Morgan fingerprint density at radius 2 is 1.95 bits per heavy atom. The number of carbonyl (C=O) groups is 3. The third-order valence-electron chi connectivity index (χ3n) is 2.70. The summed E-state index contributed by atoms with van der Waals surface area (Å²) in [5.74, 6) is -1.44. The van der Waals surface area contributed by atoms with E-state index in [-0.39, 0.29) is 25.5 Å². The van der Waals surface area contributed by atoms with E-state index in [1.165, 1.54) is 9.80 Å². The number of ether oxygens (including phenoxy) is 1. The van der Waals surface area contributed by atoms with Crippen LogP contribution in [-0.4, -0.2) is 64.2 Å². The zero-order chi connectivity index (χ0) is 14.8. The number of rotatable bonds is 2. The predicted octanol–water partition coefficient (Wildman–Crippen LogP) is 0.539. The molecule has 1 saturated heterocycles.